The summed E-state index contributed by atoms with van der Waals surface area (Å²) in [5.41, 5.74) is 0. The zero-order chi connectivity index (χ0) is 10.1. The van der Waals surface area contributed by atoms with Gasteiger partial charge in [0.05, 0.1) is 6.61 Å². The third kappa shape index (κ3) is 12.2. The van der Waals surface area contributed by atoms with E-state index in [-0.39, 0.29) is 35.5 Å². The molecular weight excluding hydrogens is 187 g/mol. The van der Waals surface area contributed by atoms with Gasteiger partial charge in [-0.3, -0.25) is 0 Å². The fraction of sp³-hybridized carbons (Fsp3) is 0.727. The number of rotatable bonds is 7. The van der Waals surface area contributed by atoms with Gasteiger partial charge >= 0.3 is 5.97 Å². The van der Waals surface area contributed by atoms with Gasteiger partial charge in [0, 0.05) is 35.6 Å². The maximum Gasteiger partial charge on any atom is 0.330 e. The summed E-state index contributed by atoms with van der Waals surface area (Å²) < 4.78 is 4.84. The summed E-state index contributed by atoms with van der Waals surface area (Å²) in [6.07, 6.45) is 5.79. The molecule has 77 valence electrons. The Labute approximate surface area is 109 Å². The largest absolute Gasteiger partial charge is 0.463 e. The molecule has 0 aromatic heterocycles. The molecule has 1 radical (unpaired) electrons. The van der Waals surface area contributed by atoms with Crippen molar-refractivity contribution in [3.63, 3.8) is 0 Å². The first-order chi connectivity index (χ1) is 6.16. The van der Waals surface area contributed by atoms with Crippen molar-refractivity contribution < 1.29 is 9.53 Å². The minimum absolute atomic E-state index is 0. The standard InChI is InChI=1S/C11H20O2.Na/c1-4-11(12)13-9-7-5-6-8-10(2)3;/h4,10H,1,5-9H2,2-3H3;. The number of carbonyl (C=O) groups excluding carboxylic acids is 1. The second kappa shape index (κ2) is 11.3. The van der Waals surface area contributed by atoms with Crippen LogP contribution < -0.4 is 0 Å². The van der Waals surface area contributed by atoms with E-state index >= 15 is 0 Å². The van der Waals surface area contributed by atoms with Gasteiger partial charge in [-0.2, -0.15) is 0 Å². The number of esters is 1. The van der Waals surface area contributed by atoms with Gasteiger partial charge < -0.3 is 4.74 Å². The Balaban J connectivity index is 0. The van der Waals surface area contributed by atoms with Crippen molar-refractivity contribution in [2.75, 3.05) is 6.61 Å². The molecule has 2 nitrogen and oxygen atoms in total. The van der Waals surface area contributed by atoms with Crippen LogP contribution in [0.25, 0.3) is 0 Å². The topological polar surface area (TPSA) is 26.3 Å². The summed E-state index contributed by atoms with van der Waals surface area (Å²) in [5.74, 6) is 0.458. The van der Waals surface area contributed by atoms with Crippen LogP contribution in [-0.4, -0.2) is 42.1 Å². The van der Waals surface area contributed by atoms with Gasteiger partial charge in [-0.1, -0.05) is 39.7 Å². The molecule has 14 heavy (non-hydrogen) atoms. The van der Waals surface area contributed by atoms with Gasteiger partial charge in [0.1, 0.15) is 0 Å². The Morgan fingerprint density at radius 3 is 2.50 bits per heavy atom. The molecule has 0 aliphatic heterocycles. The van der Waals surface area contributed by atoms with E-state index < -0.39 is 0 Å². The molecule has 0 fully saturated rings. The van der Waals surface area contributed by atoms with E-state index in [0.717, 1.165) is 18.8 Å². The second-order valence-electron chi connectivity index (χ2n) is 3.61. The van der Waals surface area contributed by atoms with E-state index in [9.17, 15) is 4.79 Å². The summed E-state index contributed by atoms with van der Waals surface area (Å²) in [6.45, 7) is 8.29. The summed E-state index contributed by atoms with van der Waals surface area (Å²) in [6, 6.07) is 0. The van der Waals surface area contributed by atoms with Gasteiger partial charge in [0.15, 0.2) is 0 Å². The maximum atomic E-state index is 10.6. The third-order valence-electron chi connectivity index (χ3n) is 1.84. The SMILES string of the molecule is C=CC(=O)OCCCCCC(C)C.[Na]. The summed E-state index contributed by atoms with van der Waals surface area (Å²) in [7, 11) is 0. The minimum Gasteiger partial charge on any atom is -0.463 e. The van der Waals surface area contributed by atoms with Crippen LogP contribution in [-0.2, 0) is 9.53 Å². The van der Waals surface area contributed by atoms with Gasteiger partial charge in [0.2, 0.25) is 0 Å². The second-order valence-corrected chi connectivity index (χ2v) is 3.61. The van der Waals surface area contributed by atoms with Crippen molar-refractivity contribution >= 4 is 35.5 Å². The van der Waals surface area contributed by atoms with Gasteiger partial charge in [-0.25, -0.2) is 4.79 Å². The van der Waals surface area contributed by atoms with Crippen molar-refractivity contribution in [2.24, 2.45) is 5.92 Å². The molecule has 0 N–H and O–H groups in total. The quantitative estimate of drug-likeness (QED) is 0.277. The van der Waals surface area contributed by atoms with Crippen molar-refractivity contribution in [1.82, 2.24) is 0 Å². The number of hydrogen-bond donors (Lipinski definition) is 0. The van der Waals surface area contributed by atoms with E-state index in [4.69, 9.17) is 4.74 Å². The zero-order valence-electron chi connectivity index (χ0n) is 9.71. The van der Waals surface area contributed by atoms with Crippen molar-refractivity contribution in [2.45, 2.75) is 39.5 Å². The molecule has 3 heteroatoms. The average Bonchev–Trinajstić information content (AvgIpc) is 2.10. The molecule has 0 unspecified atom stereocenters. The van der Waals surface area contributed by atoms with Gasteiger partial charge in [0.25, 0.3) is 0 Å². The normalized spacial score (nSPS) is 9.36. The Hall–Kier alpha value is 0.210. The summed E-state index contributed by atoms with van der Waals surface area (Å²) >= 11 is 0. The van der Waals surface area contributed by atoms with Crippen LogP contribution in [0.15, 0.2) is 12.7 Å². The molecule has 0 aromatic carbocycles. The molecule has 0 aromatic rings. The van der Waals surface area contributed by atoms with Crippen LogP contribution in [0.3, 0.4) is 0 Å². The molecule has 0 spiro atoms. The molecule has 0 rings (SSSR count). The fourth-order valence-electron chi connectivity index (χ4n) is 1.06. The molecule has 0 bridgehead atoms. The molecule has 0 saturated carbocycles. The molecule has 0 atom stereocenters. The van der Waals surface area contributed by atoms with Crippen LogP contribution in [0.2, 0.25) is 0 Å². The number of ether oxygens (including phenoxy) is 1. The van der Waals surface area contributed by atoms with Crippen LogP contribution in [0.1, 0.15) is 39.5 Å². The van der Waals surface area contributed by atoms with Crippen molar-refractivity contribution in [3.05, 3.63) is 12.7 Å². The molecule has 0 amide bonds. The van der Waals surface area contributed by atoms with E-state index in [1.807, 2.05) is 0 Å². The predicted octanol–water partition coefficient (Wildman–Crippen LogP) is 2.55. The fourth-order valence-corrected chi connectivity index (χ4v) is 1.06. The van der Waals surface area contributed by atoms with E-state index in [0.29, 0.717) is 6.61 Å². The Kier molecular flexibility index (Phi) is 13.4. The van der Waals surface area contributed by atoms with Crippen LogP contribution in [0.5, 0.6) is 0 Å². The van der Waals surface area contributed by atoms with Crippen molar-refractivity contribution in [1.29, 1.82) is 0 Å². The minimum atomic E-state index is -0.316. The number of carbonyl (C=O) groups is 1. The molecule has 0 saturated heterocycles. The zero-order valence-corrected chi connectivity index (χ0v) is 11.7. The van der Waals surface area contributed by atoms with Gasteiger partial charge in [-0.05, 0) is 12.3 Å². The Morgan fingerprint density at radius 2 is 2.00 bits per heavy atom. The van der Waals surface area contributed by atoms with E-state index in [2.05, 4.69) is 20.4 Å². The average molecular weight is 207 g/mol. The molecule has 0 aliphatic carbocycles. The molecule has 0 heterocycles. The van der Waals surface area contributed by atoms with Gasteiger partial charge in [-0.15, -0.1) is 0 Å². The first-order valence-electron chi connectivity index (χ1n) is 4.96. The first-order valence-corrected chi connectivity index (χ1v) is 4.96. The Morgan fingerprint density at radius 1 is 1.36 bits per heavy atom. The van der Waals surface area contributed by atoms with E-state index in [1.54, 1.807) is 0 Å². The predicted molar refractivity (Wildman–Crippen MR) is 60.2 cm³/mol. The third-order valence-corrected chi connectivity index (χ3v) is 1.84. The van der Waals surface area contributed by atoms with Crippen LogP contribution in [0, 0.1) is 5.92 Å². The summed E-state index contributed by atoms with van der Waals surface area (Å²) in [5, 5.41) is 0. The first kappa shape index (κ1) is 16.6. The van der Waals surface area contributed by atoms with Crippen LogP contribution >= 0.6 is 0 Å². The van der Waals surface area contributed by atoms with Crippen molar-refractivity contribution in [3.8, 4) is 0 Å². The van der Waals surface area contributed by atoms with E-state index in [1.165, 1.54) is 18.9 Å². The monoisotopic (exact) mass is 207 g/mol. The molecule has 0 aliphatic rings. The smallest absolute Gasteiger partial charge is 0.330 e. The number of hydrogen-bond acceptors (Lipinski definition) is 2. The summed E-state index contributed by atoms with van der Waals surface area (Å²) in [4.78, 5) is 10.6. The molecular formula is C11H20NaO2. The number of unbranched alkanes of at least 4 members (excludes halogenated alkanes) is 2. The maximum absolute atomic E-state index is 10.6. The van der Waals surface area contributed by atoms with Crippen LogP contribution in [0.4, 0.5) is 0 Å². The Bertz CT molecular complexity index is 155.